The Morgan fingerprint density at radius 1 is 1.38 bits per heavy atom. The quantitative estimate of drug-likeness (QED) is 0.773. The van der Waals surface area contributed by atoms with Gasteiger partial charge in [-0.25, -0.2) is 4.39 Å². The van der Waals surface area contributed by atoms with Crippen molar-refractivity contribution < 1.29 is 4.39 Å². The van der Waals surface area contributed by atoms with Crippen molar-refractivity contribution in [1.29, 1.82) is 0 Å². The summed E-state index contributed by atoms with van der Waals surface area (Å²) in [7, 11) is 0. The zero-order valence-electron chi connectivity index (χ0n) is 9.37. The number of nitrogens with two attached hydrogens (primary N) is 1. The van der Waals surface area contributed by atoms with E-state index in [2.05, 4.69) is 10.2 Å². The van der Waals surface area contributed by atoms with Crippen LogP contribution in [0.3, 0.4) is 0 Å². The molecule has 1 heterocycles. The van der Waals surface area contributed by atoms with Gasteiger partial charge in [-0.15, -0.1) is 5.10 Å². The van der Waals surface area contributed by atoms with Gasteiger partial charge in [0.1, 0.15) is 11.7 Å². The normalized spacial score (nSPS) is 20.3. The molecule has 1 aromatic rings. The molecule has 2 rings (SSSR count). The van der Waals surface area contributed by atoms with Crippen LogP contribution in [0.1, 0.15) is 24.5 Å². The highest BCUT2D eigenvalue weighted by Gasteiger charge is 2.17. The number of hydrogen-bond acceptors (Lipinski definition) is 3. The lowest BCUT2D eigenvalue weighted by molar-refractivity contribution is 0.618. The lowest BCUT2D eigenvalue weighted by atomic mass is 9.96. The molecule has 0 bridgehead atoms. The highest BCUT2D eigenvalue weighted by molar-refractivity contribution is 6.04. The lowest BCUT2D eigenvalue weighted by Crippen LogP contribution is -2.26. The number of halogens is 1. The Morgan fingerprint density at radius 3 is 2.75 bits per heavy atom. The third-order valence-corrected chi connectivity index (χ3v) is 2.78. The van der Waals surface area contributed by atoms with Crippen molar-refractivity contribution >= 4 is 11.5 Å². The van der Waals surface area contributed by atoms with E-state index in [1.54, 1.807) is 19.1 Å². The Balaban J connectivity index is 2.35. The maximum atomic E-state index is 13.1. The highest BCUT2D eigenvalue weighted by atomic mass is 19.1. The van der Waals surface area contributed by atoms with Crippen molar-refractivity contribution in [2.24, 2.45) is 21.9 Å². The van der Waals surface area contributed by atoms with Crippen LogP contribution >= 0.6 is 0 Å². The van der Waals surface area contributed by atoms with E-state index in [-0.39, 0.29) is 11.7 Å². The molecule has 16 heavy (non-hydrogen) atoms. The molecule has 1 unspecified atom stereocenters. The number of rotatable bonds is 1. The molecule has 0 spiro atoms. The maximum absolute atomic E-state index is 13.1. The van der Waals surface area contributed by atoms with Crippen molar-refractivity contribution in [3.8, 4) is 0 Å². The van der Waals surface area contributed by atoms with Crippen LogP contribution in [-0.4, -0.2) is 11.5 Å². The zero-order chi connectivity index (χ0) is 11.7. The fourth-order valence-electron chi connectivity index (χ4n) is 1.65. The molecule has 0 aliphatic carbocycles. The molecule has 84 valence electrons. The standard InChI is InChI=1S/C12H14FN3/c1-7-5-9(3-4-10(7)13)11-6-8(2)12(14)16-15-11/h3-5,8H,6H2,1-2H3,(H2,14,16). The summed E-state index contributed by atoms with van der Waals surface area (Å²) >= 11 is 0. The maximum Gasteiger partial charge on any atom is 0.126 e. The first-order chi connectivity index (χ1) is 7.58. The summed E-state index contributed by atoms with van der Waals surface area (Å²) < 4.78 is 13.1. The second-order valence-corrected chi connectivity index (χ2v) is 4.14. The van der Waals surface area contributed by atoms with Crippen molar-refractivity contribution in [1.82, 2.24) is 0 Å². The Labute approximate surface area is 93.9 Å². The van der Waals surface area contributed by atoms with E-state index >= 15 is 0 Å². The van der Waals surface area contributed by atoms with Crippen LogP contribution in [0.5, 0.6) is 0 Å². The van der Waals surface area contributed by atoms with Gasteiger partial charge in [-0.1, -0.05) is 13.0 Å². The van der Waals surface area contributed by atoms with Crippen molar-refractivity contribution in [2.45, 2.75) is 20.3 Å². The minimum Gasteiger partial charge on any atom is -0.385 e. The van der Waals surface area contributed by atoms with E-state index in [1.807, 2.05) is 6.92 Å². The van der Waals surface area contributed by atoms with Crippen LogP contribution in [0, 0.1) is 18.7 Å². The molecule has 1 aliphatic heterocycles. The second kappa shape index (κ2) is 4.04. The Morgan fingerprint density at radius 2 is 2.12 bits per heavy atom. The van der Waals surface area contributed by atoms with E-state index < -0.39 is 0 Å². The summed E-state index contributed by atoms with van der Waals surface area (Å²) in [5, 5.41) is 7.97. The minimum atomic E-state index is -0.198. The van der Waals surface area contributed by atoms with Gasteiger partial charge in [0.25, 0.3) is 0 Å². The number of hydrogen-bond donors (Lipinski definition) is 1. The highest BCUT2D eigenvalue weighted by Crippen LogP contribution is 2.17. The molecule has 0 saturated carbocycles. The minimum absolute atomic E-state index is 0.192. The van der Waals surface area contributed by atoms with Gasteiger partial charge in [0.2, 0.25) is 0 Å². The second-order valence-electron chi connectivity index (χ2n) is 4.14. The summed E-state index contributed by atoms with van der Waals surface area (Å²) in [4.78, 5) is 0. The van der Waals surface area contributed by atoms with E-state index in [4.69, 9.17) is 5.73 Å². The van der Waals surface area contributed by atoms with Crippen molar-refractivity contribution in [3.05, 3.63) is 35.1 Å². The zero-order valence-corrected chi connectivity index (χ0v) is 9.37. The summed E-state index contributed by atoms with van der Waals surface area (Å²) in [5.74, 6) is 0.552. The smallest absolute Gasteiger partial charge is 0.126 e. The molecule has 0 fully saturated rings. The molecule has 4 heteroatoms. The van der Waals surface area contributed by atoms with E-state index in [9.17, 15) is 4.39 Å². The largest absolute Gasteiger partial charge is 0.385 e. The Kier molecular flexibility index (Phi) is 2.73. The molecule has 1 aromatic carbocycles. The number of aryl methyl sites for hydroxylation is 1. The summed E-state index contributed by atoms with van der Waals surface area (Å²) in [5.41, 5.74) is 8.06. The monoisotopic (exact) mass is 219 g/mol. The van der Waals surface area contributed by atoms with Gasteiger partial charge < -0.3 is 5.73 Å². The Hall–Kier alpha value is -1.71. The molecule has 0 saturated heterocycles. The van der Waals surface area contributed by atoms with Gasteiger partial charge >= 0.3 is 0 Å². The third-order valence-electron chi connectivity index (χ3n) is 2.78. The molecular weight excluding hydrogens is 205 g/mol. The molecule has 0 radical (unpaired) electrons. The topological polar surface area (TPSA) is 50.7 Å². The van der Waals surface area contributed by atoms with Crippen LogP contribution < -0.4 is 5.73 Å². The van der Waals surface area contributed by atoms with Crippen molar-refractivity contribution in [2.75, 3.05) is 0 Å². The molecule has 1 atom stereocenters. The first-order valence-corrected chi connectivity index (χ1v) is 5.24. The van der Waals surface area contributed by atoms with Crippen LogP contribution in [0.25, 0.3) is 0 Å². The van der Waals surface area contributed by atoms with Gasteiger partial charge in [-0.3, -0.25) is 0 Å². The fourth-order valence-corrected chi connectivity index (χ4v) is 1.65. The van der Waals surface area contributed by atoms with Crippen LogP contribution in [0.4, 0.5) is 4.39 Å². The van der Waals surface area contributed by atoms with Gasteiger partial charge in [0, 0.05) is 12.3 Å². The molecule has 0 amide bonds. The number of nitrogens with zero attached hydrogens (tertiary/aromatic N) is 2. The Bertz CT molecular complexity index is 477. The summed E-state index contributed by atoms with van der Waals surface area (Å²) in [6, 6.07) is 4.97. The van der Waals surface area contributed by atoms with E-state index in [0.717, 1.165) is 17.7 Å². The predicted molar refractivity (Wildman–Crippen MR) is 63.1 cm³/mol. The van der Waals surface area contributed by atoms with E-state index in [0.29, 0.717) is 11.4 Å². The van der Waals surface area contributed by atoms with Crippen LogP contribution in [0.2, 0.25) is 0 Å². The van der Waals surface area contributed by atoms with Crippen LogP contribution in [0.15, 0.2) is 28.4 Å². The molecule has 3 nitrogen and oxygen atoms in total. The van der Waals surface area contributed by atoms with Crippen molar-refractivity contribution in [3.63, 3.8) is 0 Å². The number of amidine groups is 1. The molecular formula is C12H14FN3. The van der Waals surface area contributed by atoms with Gasteiger partial charge in [0.15, 0.2) is 0 Å². The SMILES string of the molecule is Cc1cc(C2=NN=C(N)C(C)C2)ccc1F. The fraction of sp³-hybridized carbons (Fsp3) is 0.333. The summed E-state index contributed by atoms with van der Waals surface area (Å²) in [6.45, 7) is 3.74. The lowest BCUT2D eigenvalue weighted by Gasteiger charge is -2.16. The number of benzene rings is 1. The third kappa shape index (κ3) is 1.96. The molecule has 1 aliphatic rings. The van der Waals surface area contributed by atoms with Gasteiger partial charge in [0.05, 0.1) is 5.71 Å². The first kappa shape index (κ1) is 10.8. The first-order valence-electron chi connectivity index (χ1n) is 5.24. The van der Waals surface area contributed by atoms with Crippen LogP contribution in [-0.2, 0) is 0 Å². The van der Waals surface area contributed by atoms with E-state index in [1.165, 1.54) is 6.07 Å². The average molecular weight is 219 g/mol. The average Bonchev–Trinajstić information content (AvgIpc) is 2.26. The molecule has 0 aromatic heterocycles. The predicted octanol–water partition coefficient (Wildman–Crippen LogP) is 2.24. The molecule has 2 N–H and O–H groups in total. The van der Waals surface area contributed by atoms with Gasteiger partial charge in [-0.05, 0) is 30.2 Å². The summed E-state index contributed by atoms with van der Waals surface area (Å²) in [6.07, 6.45) is 0.750. The van der Waals surface area contributed by atoms with Gasteiger partial charge in [-0.2, -0.15) is 5.10 Å².